The number of hydrogen-bond acceptors (Lipinski definition) is 3. The minimum Gasteiger partial charge on any atom is -0.399 e. The van der Waals surface area contributed by atoms with Crippen molar-refractivity contribution in [2.75, 3.05) is 5.73 Å². The van der Waals surface area contributed by atoms with Crippen LogP contribution in [-0.2, 0) is 10.0 Å². The van der Waals surface area contributed by atoms with Gasteiger partial charge in [0.1, 0.15) is 5.82 Å². The predicted molar refractivity (Wildman–Crippen MR) is 65.5 cm³/mol. The van der Waals surface area contributed by atoms with Gasteiger partial charge in [0.15, 0.2) is 0 Å². The van der Waals surface area contributed by atoms with Crippen LogP contribution in [0.25, 0.3) is 0 Å². The molecule has 0 bridgehead atoms. The summed E-state index contributed by atoms with van der Waals surface area (Å²) in [6.45, 7) is 3.73. The maximum atomic E-state index is 13.1. The van der Waals surface area contributed by atoms with Gasteiger partial charge in [0.2, 0.25) is 10.0 Å². The maximum absolute atomic E-state index is 13.1. The lowest BCUT2D eigenvalue weighted by Gasteiger charge is -2.13. The molecule has 0 fully saturated rings. The molecule has 0 heterocycles. The van der Waals surface area contributed by atoms with E-state index in [9.17, 15) is 12.8 Å². The Bertz CT molecular complexity index is 468. The molecule has 0 aliphatic heterocycles. The molecule has 96 valence electrons. The fourth-order valence-corrected chi connectivity index (χ4v) is 2.91. The third kappa shape index (κ3) is 3.98. The van der Waals surface area contributed by atoms with Crippen LogP contribution in [0.2, 0.25) is 0 Å². The average molecular weight is 260 g/mol. The molecule has 0 aliphatic carbocycles. The van der Waals surface area contributed by atoms with Crippen molar-refractivity contribution in [1.82, 2.24) is 4.72 Å². The molecule has 1 aromatic rings. The zero-order valence-corrected chi connectivity index (χ0v) is 10.7. The minimum absolute atomic E-state index is 0.0912. The van der Waals surface area contributed by atoms with Crippen LogP contribution in [-0.4, -0.2) is 14.5 Å². The molecule has 1 rings (SSSR count). The molecule has 0 amide bonds. The van der Waals surface area contributed by atoms with E-state index in [2.05, 4.69) is 4.72 Å². The van der Waals surface area contributed by atoms with E-state index in [1.54, 1.807) is 6.92 Å². The summed E-state index contributed by atoms with van der Waals surface area (Å²) in [5.41, 5.74) is 5.50. The molecular formula is C11H17FN2O2S. The van der Waals surface area contributed by atoms with Gasteiger partial charge in [-0.1, -0.05) is 13.3 Å². The molecule has 0 aliphatic rings. The van der Waals surface area contributed by atoms with Crippen LogP contribution >= 0.6 is 0 Å². The molecule has 0 aromatic heterocycles. The Hall–Kier alpha value is -1.14. The second-order valence-electron chi connectivity index (χ2n) is 4.03. The van der Waals surface area contributed by atoms with Crippen molar-refractivity contribution >= 4 is 15.7 Å². The molecule has 1 aromatic carbocycles. The smallest absolute Gasteiger partial charge is 0.240 e. The van der Waals surface area contributed by atoms with E-state index < -0.39 is 15.8 Å². The highest BCUT2D eigenvalue weighted by molar-refractivity contribution is 7.89. The molecule has 4 nitrogen and oxygen atoms in total. The summed E-state index contributed by atoms with van der Waals surface area (Å²) >= 11 is 0. The van der Waals surface area contributed by atoms with E-state index in [4.69, 9.17) is 5.73 Å². The summed E-state index contributed by atoms with van der Waals surface area (Å²) in [4.78, 5) is -0.141. The highest BCUT2D eigenvalue weighted by atomic mass is 32.2. The van der Waals surface area contributed by atoms with E-state index in [-0.39, 0.29) is 16.6 Å². The molecule has 0 saturated heterocycles. The standard InChI is InChI=1S/C11H17FN2O2S/c1-3-4-8(2)14-17(15,16)11-6-9(12)5-10(13)7-11/h5-8,14H,3-4,13H2,1-2H3. The van der Waals surface area contributed by atoms with Gasteiger partial charge in [0.25, 0.3) is 0 Å². The highest BCUT2D eigenvalue weighted by Gasteiger charge is 2.18. The number of nitrogens with one attached hydrogen (secondary N) is 1. The number of halogens is 1. The first-order valence-corrected chi connectivity index (χ1v) is 6.92. The zero-order valence-electron chi connectivity index (χ0n) is 9.90. The lowest BCUT2D eigenvalue weighted by atomic mass is 10.2. The molecular weight excluding hydrogens is 243 g/mol. The molecule has 1 atom stereocenters. The van der Waals surface area contributed by atoms with Crippen molar-refractivity contribution in [2.24, 2.45) is 0 Å². The first-order valence-electron chi connectivity index (χ1n) is 5.43. The number of nitrogen functional groups attached to an aromatic ring is 1. The second kappa shape index (κ2) is 5.46. The van der Waals surface area contributed by atoms with Gasteiger partial charge in [-0.15, -0.1) is 0 Å². The Morgan fingerprint density at radius 1 is 1.41 bits per heavy atom. The Labute approximate surface area is 101 Å². The summed E-state index contributed by atoms with van der Waals surface area (Å²) in [5, 5.41) is 0. The fourth-order valence-electron chi connectivity index (χ4n) is 1.56. The van der Waals surface area contributed by atoms with Crippen LogP contribution < -0.4 is 10.5 Å². The number of sulfonamides is 1. The fraction of sp³-hybridized carbons (Fsp3) is 0.455. The largest absolute Gasteiger partial charge is 0.399 e. The lowest BCUT2D eigenvalue weighted by Crippen LogP contribution is -2.32. The molecule has 6 heteroatoms. The molecule has 3 N–H and O–H groups in total. The van der Waals surface area contributed by atoms with E-state index >= 15 is 0 Å². The van der Waals surface area contributed by atoms with Crippen LogP contribution in [0.5, 0.6) is 0 Å². The van der Waals surface area contributed by atoms with Gasteiger partial charge in [0.05, 0.1) is 4.90 Å². The Morgan fingerprint density at radius 2 is 2.06 bits per heavy atom. The first kappa shape index (κ1) is 13.9. The summed E-state index contributed by atoms with van der Waals surface area (Å²) in [6.07, 6.45) is 1.60. The van der Waals surface area contributed by atoms with Gasteiger partial charge in [-0.2, -0.15) is 0 Å². The van der Waals surface area contributed by atoms with Crippen molar-refractivity contribution in [3.63, 3.8) is 0 Å². The summed E-state index contributed by atoms with van der Waals surface area (Å²) < 4.78 is 39.3. The summed E-state index contributed by atoms with van der Waals surface area (Å²) in [5.74, 6) is -0.659. The van der Waals surface area contributed by atoms with E-state index in [1.165, 1.54) is 6.07 Å². The van der Waals surface area contributed by atoms with E-state index in [0.29, 0.717) is 0 Å². The van der Waals surface area contributed by atoms with Crippen LogP contribution in [0.3, 0.4) is 0 Å². The van der Waals surface area contributed by atoms with Gasteiger partial charge >= 0.3 is 0 Å². The van der Waals surface area contributed by atoms with Gasteiger partial charge in [0, 0.05) is 11.7 Å². The van der Waals surface area contributed by atoms with Crippen LogP contribution in [0.4, 0.5) is 10.1 Å². The Morgan fingerprint density at radius 3 is 2.59 bits per heavy atom. The first-order chi connectivity index (χ1) is 7.85. The number of benzene rings is 1. The normalized spacial score (nSPS) is 13.6. The SMILES string of the molecule is CCCC(C)NS(=O)(=O)c1cc(N)cc(F)c1. The number of rotatable bonds is 5. The third-order valence-electron chi connectivity index (χ3n) is 2.28. The topological polar surface area (TPSA) is 72.2 Å². The third-order valence-corrected chi connectivity index (χ3v) is 3.85. The zero-order chi connectivity index (χ0) is 13.1. The summed E-state index contributed by atoms with van der Waals surface area (Å²) in [7, 11) is -3.70. The number of nitrogens with two attached hydrogens (primary N) is 1. The van der Waals surface area contributed by atoms with Crippen molar-refractivity contribution in [3.05, 3.63) is 24.0 Å². The molecule has 0 saturated carbocycles. The van der Waals surface area contributed by atoms with Crippen molar-refractivity contribution in [2.45, 2.75) is 37.6 Å². The second-order valence-corrected chi connectivity index (χ2v) is 5.75. The van der Waals surface area contributed by atoms with Crippen LogP contribution in [0, 0.1) is 5.82 Å². The van der Waals surface area contributed by atoms with E-state index in [0.717, 1.165) is 25.0 Å². The van der Waals surface area contributed by atoms with Gasteiger partial charge in [-0.25, -0.2) is 17.5 Å². The van der Waals surface area contributed by atoms with Gasteiger partial charge < -0.3 is 5.73 Å². The number of anilines is 1. The quantitative estimate of drug-likeness (QED) is 0.794. The molecule has 0 radical (unpaired) electrons. The van der Waals surface area contributed by atoms with Crippen molar-refractivity contribution < 1.29 is 12.8 Å². The molecule has 17 heavy (non-hydrogen) atoms. The lowest BCUT2D eigenvalue weighted by molar-refractivity contribution is 0.542. The summed E-state index contributed by atoms with van der Waals surface area (Å²) in [6, 6.07) is 3.09. The average Bonchev–Trinajstić information content (AvgIpc) is 2.15. The van der Waals surface area contributed by atoms with Crippen molar-refractivity contribution in [1.29, 1.82) is 0 Å². The highest BCUT2D eigenvalue weighted by Crippen LogP contribution is 2.16. The van der Waals surface area contributed by atoms with Crippen LogP contribution in [0.15, 0.2) is 23.1 Å². The predicted octanol–water partition coefficient (Wildman–Crippen LogP) is 1.87. The Kier molecular flexibility index (Phi) is 4.47. The van der Waals surface area contributed by atoms with Crippen molar-refractivity contribution in [3.8, 4) is 0 Å². The van der Waals surface area contributed by atoms with Crippen LogP contribution in [0.1, 0.15) is 26.7 Å². The van der Waals surface area contributed by atoms with Gasteiger partial charge in [-0.3, -0.25) is 0 Å². The number of hydrogen-bond donors (Lipinski definition) is 2. The van der Waals surface area contributed by atoms with Gasteiger partial charge in [-0.05, 0) is 31.5 Å². The Balaban J connectivity index is 2.97. The minimum atomic E-state index is -3.70. The molecule has 0 spiro atoms. The molecule has 1 unspecified atom stereocenters. The van der Waals surface area contributed by atoms with E-state index in [1.807, 2.05) is 6.92 Å². The maximum Gasteiger partial charge on any atom is 0.240 e. The monoisotopic (exact) mass is 260 g/mol.